The van der Waals surface area contributed by atoms with Gasteiger partial charge in [-0.05, 0) is 24.3 Å². The van der Waals surface area contributed by atoms with E-state index in [1.54, 1.807) is 0 Å². The SMILES string of the molecule is COCCNS(=O)(=O)c1ccc(NC(=O)c2cnccn2)cc1. The number of carbonyl (C=O) groups excluding carboxylic acids is 1. The maximum atomic E-state index is 12.0. The van der Waals surface area contributed by atoms with Crippen molar-refractivity contribution in [1.82, 2.24) is 14.7 Å². The summed E-state index contributed by atoms with van der Waals surface area (Å²) in [5.74, 6) is -0.424. The molecule has 2 rings (SSSR count). The fourth-order valence-electron chi connectivity index (χ4n) is 1.69. The van der Waals surface area contributed by atoms with Gasteiger partial charge in [-0.15, -0.1) is 0 Å². The van der Waals surface area contributed by atoms with Gasteiger partial charge < -0.3 is 10.1 Å². The average Bonchev–Trinajstić information content (AvgIpc) is 2.56. The van der Waals surface area contributed by atoms with E-state index in [2.05, 4.69) is 20.0 Å². The molecular weight excluding hydrogens is 320 g/mol. The van der Waals surface area contributed by atoms with Crippen LogP contribution in [0.5, 0.6) is 0 Å². The van der Waals surface area contributed by atoms with E-state index < -0.39 is 15.9 Å². The lowest BCUT2D eigenvalue weighted by Crippen LogP contribution is -2.27. The highest BCUT2D eigenvalue weighted by molar-refractivity contribution is 7.89. The van der Waals surface area contributed by atoms with Gasteiger partial charge in [-0.1, -0.05) is 0 Å². The van der Waals surface area contributed by atoms with Crippen molar-refractivity contribution in [2.24, 2.45) is 0 Å². The van der Waals surface area contributed by atoms with Crippen molar-refractivity contribution in [1.29, 1.82) is 0 Å². The molecule has 0 aliphatic carbocycles. The second kappa shape index (κ2) is 7.77. The molecule has 0 radical (unpaired) electrons. The number of hydrogen-bond donors (Lipinski definition) is 2. The van der Waals surface area contributed by atoms with Gasteiger partial charge in [-0.3, -0.25) is 9.78 Å². The summed E-state index contributed by atoms with van der Waals surface area (Å²) in [5, 5.41) is 2.61. The van der Waals surface area contributed by atoms with Crippen LogP contribution in [0.1, 0.15) is 10.5 Å². The lowest BCUT2D eigenvalue weighted by atomic mass is 10.3. The minimum Gasteiger partial charge on any atom is -0.383 e. The van der Waals surface area contributed by atoms with Crippen molar-refractivity contribution < 1.29 is 17.9 Å². The highest BCUT2D eigenvalue weighted by Crippen LogP contribution is 2.14. The van der Waals surface area contributed by atoms with Crippen LogP contribution in [-0.4, -0.2) is 44.6 Å². The van der Waals surface area contributed by atoms with Crippen molar-refractivity contribution in [2.45, 2.75) is 4.90 Å². The van der Waals surface area contributed by atoms with Gasteiger partial charge in [0, 0.05) is 31.7 Å². The first kappa shape index (κ1) is 17.0. The summed E-state index contributed by atoms with van der Waals surface area (Å²) in [7, 11) is -2.11. The van der Waals surface area contributed by atoms with E-state index in [1.807, 2.05) is 0 Å². The predicted octanol–water partition coefficient (Wildman–Crippen LogP) is 0.654. The molecule has 8 nitrogen and oxygen atoms in total. The number of amides is 1. The fraction of sp³-hybridized carbons (Fsp3) is 0.214. The molecule has 0 aliphatic rings. The average molecular weight is 336 g/mol. The molecule has 0 aliphatic heterocycles. The number of methoxy groups -OCH3 is 1. The fourth-order valence-corrected chi connectivity index (χ4v) is 2.70. The summed E-state index contributed by atoms with van der Waals surface area (Å²) >= 11 is 0. The molecule has 0 unspecified atom stereocenters. The van der Waals surface area contributed by atoms with E-state index in [1.165, 1.54) is 50.0 Å². The summed E-state index contributed by atoms with van der Waals surface area (Å²) in [6, 6.07) is 5.81. The number of benzene rings is 1. The van der Waals surface area contributed by atoms with Gasteiger partial charge >= 0.3 is 0 Å². The minimum absolute atomic E-state index is 0.103. The zero-order valence-electron chi connectivity index (χ0n) is 12.4. The van der Waals surface area contributed by atoms with E-state index in [4.69, 9.17) is 4.74 Å². The van der Waals surface area contributed by atoms with Crippen LogP contribution >= 0.6 is 0 Å². The van der Waals surface area contributed by atoms with Crippen LogP contribution in [0.15, 0.2) is 47.8 Å². The van der Waals surface area contributed by atoms with Crippen LogP contribution in [0, 0.1) is 0 Å². The van der Waals surface area contributed by atoms with Crippen LogP contribution < -0.4 is 10.0 Å². The van der Waals surface area contributed by atoms with Crippen LogP contribution in [0.3, 0.4) is 0 Å². The molecule has 0 atom stereocenters. The van der Waals surface area contributed by atoms with Gasteiger partial charge in [-0.2, -0.15) is 0 Å². The van der Waals surface area contributed by atoms with E-state index in [0.29, 0.717) is 5.69 Å². The van der Waals surface area contributed by atoms with Gasteiger partial charge in [0.05, 0.1) is 17.7 Å². The molecule has 122 valence electrons. The van der Waals surface area contributed by atoms with Gasteiger partial charge in [0.1, 0.15) is 5.69 Å². The second-order valence-electron chi connectivity index (χ2n) is 4.46. The van der Waals surface area contributed by atoms with E-state index in [9.17, 15) is 13.2 Å². The molecule has 9 heteroatoms. The molecule has 0 fully saturated rings. The van der Waals surface area contributed by atoms with E-state index in [-0.39, 0.29) is 23.7 Å². The Bertz CT molecular complexity index is 748. The lowest BCUT2D eigenvalue weighted by Gasteiger charge is -2.08. The number of ether oxygens (including phenoxy) is 1. The van der Waals surface area contributed by atoms with Crippen molar-refractivity contribution in [3.63, 3.8) is 0 Å². The van der Waals surface area contributed by atoms with Gasteiger partial charge in [-0.25, -0.2) is 18.1 Å². The number of aromatic nitrogens is 2. The summed E-state index contributed by atoms with van der Waals surface area (Å²) in [6.45, 7) is 0.468. The number of rotatable bonds is 7. The van der Waals surface area contributed by atoms with Gasteiger partial charge in [0.15, 0.2) is 0 Å². The highest BCUT2D eigenvalue weighted by Gasteiger charge is 2.13. The second-order valence-corrected chi connectivity index (χ2v) is 6.23. The molecule has 2 aromatic rings. The molecule has 2 N–H and O–H groups in total. The third-order valence-electron chi connectivity index (χ3n) is 2.82. The Morgan fingerprint density at radius 2 is 1.96 bits per heavy atom. The summed E-state index contributed by atoms with van der Waals surface area (Å²) in [5.41, 5.74) is 0.627. The monoisotopic (exact) mass is 336 g/mol. The number of carbonyl (C=O) groups is 1. The van der Waals surface area contributed by atoms with Crippen LogP contribution in [-0.2, 0) is 14.8 Å². The molecule has 0 saturated carbocycles. The summed E-state index contributed by atoms with van der Waals surface area (Å²) in [6.07, 6.45) is 4.22. The standard InChI is InChI=1S/C14H16N4O4S/c1-22-9-8-17-23(20,21)12-4-2-11(3-5-12)18-14(19)13-10-15-6-7-16-13/h2-7,10,17H,8-9H2,1H3,(H,18,19). The number of nitrogens with zero attached hydrogens (tertiary/aromatic N) is 2. The van der Waals surface area contributed by atoms with Gasteiger partial charge in [0.2, 0.25) is 10.0 Å². The maximum Gasteiger partial charge on any atom is 0.275 e. The first-order chi connectivity index (χ1) is 11.0. The Morgan fingerprint density at radius 1 is 1.22 bits per heavy atom. The van der Waals surface area contributed by atoms with Crippen molar-refractivity contribution in [3.05, 3.63) is 48.5 Å². The maximum absolute atomic E-state index is 12.0. The molecule has 0 bridgehead atoms. The quantitative estimate of drug-likeness (QED) is 0.719. The topological polar surface area (TPSA) is 110 Å². The Labute approximate surface area is 134 Å². The zero-order chi connectivity index (χ0) is 16.7. The number of hydrogen-bond acceptors (Lipinski definition) is 6. The predicted molar refractivity (Wildman–Crippen MR) is 83.5 cm³/mol. The molecular formula is C14H16N4O4S. The highest BCUT2D eigenvalue weighted by atomic mass is 32.2. The van der Waals surface area contributed by atoms with E-state index in [0.717, 1.165) is 0 Å². The number of sulfonamides is 1. The van der Waals surface area contributed by atoms with Crippen molar-refractivity contribution in [2.75, 3.05) is 25.6 Å². The molecule has 0 spiro atoms. The summed E-state index contributed by atoms with van der Waals surface area (Å²) in [4.78, 5) is 19.7. The molecule has 1 aromatic heterocycles. The number of anilines is 1. The first-order valence-corrected chi connectivity index (χ1v) is 8.17. The van der Waals surface area contributed by atoms with Crippen LogP contribution in [0.4, 0.5) is 5.69 Å². The third kappa shape index (κ3) is 4.81. The Hall–Kier alpha value is -2.36. The zero-order valence-corrected chi connectivity index (χ0v) is 13.2. The summed E-state index contributed by atoms with van der Waals surface area (Å²) < 4.78 is 31.2. The normalized spacial score (nSPS) is 11.2. The van der Waals surface area contributed by atoms with Crippen molar-refractivity contribution >= 4 is 21.6 Å². The molecule has 1 heterocycles. The molecule has 1 aromatic carbocycles. The largest absolute Gasteiger partial charge is 0.383 e. The Balaban J connectivity index is 2.03. The van der Waals surface area contributed by atoms with Crippen LogP contribution in [0.2, 0.25) is 0 Å². The minimum atomic E-state index is -3.59. The smallest absolute Gasteiger partial charge is 0.275 e. The lowest BCUT2D eigenvalue weighted by molar-refractivity contribution is 0.102. The molecule has 0 saturated heterocycles. The Morgan fingerprint density at radius 3 is 2.57 bits per heavy atom. The van der Waals surface area contributed by atoms with Crippen LogP contribution in [0.25, 0.3) is 0 Å². The Kier molecular flexibility index (Phi) is 5.74. The third-order valence-corrected chi connectivity index (χ3v) is 4.29. The van der Waals surface area contributed by atoms with Gasteiger partial charge in [0.25, 0.3) is 5.91 Å². The van der Waals surface area contributed by atoms with Crippen molar-refractivity contribution in [3.8, 4) is 0 Å². The number of nitrogens with one attached hydrogen (secondary N) is 2. The first-order valence-electron chi connectivity index (χ1n) is 6.69. The van der Waals surface area contributed by atoms with E-state index >= 15 is 0 Å². The molecule has 1 amide bonds. The molecule has 23 heavy (non-hydrogen) atoms.